The van der Waals surface area contributed by atoms with Crippen molar-refractivity contribution in [2.24, 2.45) is 16.1 Å². The lowest BCUT2D eigenvalue weighted by Crippen LogP contribution is -2.58. The van der Waals surface area contributed by atoms with Gasteiger partial charge in [0.05, 0.1) is 18.2 Å². The van der Waals surface area contributed by atoms with Crippen LogP contribution in [0.4, 0.5) is 15.8 Å². The summed E-state index contributed by atoms with van der Waals surface area (Å²) in [6, 6.07) is 12.1. The summed E-state index contributed by atoms with van der Waals surface area (Å²) in [5.74, 6) is 0.0611. The lowest BCUT2D eigenvalue weighted by atomic mass is 9.67. The predicted molar refractivity (Wildman–Crippen MR) is 108 cm³/mol. The number of para-hydroxylation sites is 2. The molecule has 1 aliphatic heterocycles. The molecule has 3 rings (SSSR count). The third kappa shape index (κ3) is 2.96. The van der Waals surface area contributed by atoms with Crippen molar-refractivity contribution in [3.05, 3.63) is 53.8 Å². The summed E-state index contributed by atoms with van der Waals surface area (Å²) in [5.41, 5.74) is 5.49. The molecule has 3 N–H and O–H groups in total. The second-order valence-corrected chi connectivity index (χ2v) is 7.55. The third-order valence-corrected chi connectivity index (χ3v) is 5.61. The second-order valence-electron chi connectivity index (χ2n) is 7.55. The van der Waals surface area contributed by atoms with Gasteiger partial charge in [-0.2, -0.15) is 0 Å². The molecule has 0 spiro atoms. The van der Waals surface area contributed by atoms with Crippen molar-refractivity contribution in [3.8, 4) is 5.75 Å². The second kappa shape index (κ2) is 6.82. The highest BCUT2D eigenvalue weighted by Gasteiger charge is 2.53. The molecule has 1 atom stereocenters. The molecule has 0 radical (unpaired) electrons. The number of ether oxygens (including phenoxy) is 1. The molecule has 0 fully saturated rings. The Hall–Kier alpha value is -3.09. The van der Waals surface area contributed by atoms with E-state index in [9.17, 15) is 9.18 Å². The lowest BCUT2D eigenvalue weighted by molar-refractivity contribution is -0.140. The fraction of sp³-hybridized carbons (Fsp3) is 0.333. The Morgan fingerprint density at radius 3 is 2.54 bits per heavy atom. The van der Waals surface area contributed by atoms with Crippen LogP contribution in [0.1, 0.15) is 26.3 Å². The number of carbonyl (C=O) groups excluding carboxylic acids is 1. The van der Waals surface area contributed by atoms with E-state index >= 15 is 0 Å². The number of methoxy groups -OCH3 is 1. The fourth-order valence-electron chi connectivity index (χ4n) is 3.45. The summed E-state index contributed by atoms with van der Waals surface area (Å²) < 4.78 is 20.2. The number of anilines is 2. The van der Waals surface area contributed by atoms with Crippen LogP contribution in [0, 0.1) is 11.2 Å². The van der Waals surface area contributed by atoms with Gasteiger partial charge in [0.15, 0.2) is 5.96 Å². The smallest absolute Gasteiger partial charge is 0.237 e. The fourth-order valence-corrected chi connectivity index (χ4v) is 3.45. The van der Waals surface area contributed by atoms with Gasteiger partial charge in [-0.1, -0.05) is 12.1 Å². The summed E-state index contributed by atoms with van der Waals surface area (Å²) in [6.07, 6.45) is 0. The first-order valence-electron chi connectivity index (χ1n) is 8.95. The van der Waals surface area contributed by atoms with Crippen LogP contribution < -0.4 is 15.8 Å². The summed E-state index contributed by atoms with van der Waals surface area (Å²) in [5, 5.41) is 3.24. The molecule has 2 aromatic carbocycles. The minimum absolute atomic E-state index is 0.0642. The van der Waals surface area contributed by atoms with Crippen LogP contribution in [0.3, 0.4) is 0 Å². The van der Waals surface area contributed by atoms with E-state index in [2.05, 4.69) is 10.3 Å². The number of aliphatic imine (C=N–C) groups is 1. The lowest BCUT2D eigenvalue weighted by Gasteiger charge is -2.46. The first kappa shape index (κ1) is 19.7. The zero-order valence-corrected chi connectivity index (χ0v) is 16.7. The zero-order chi connectivity index (χ0) is 20.7. The maximum Gasteiger partial charge on any atom is 0.237 e. The van der Waals surface area contributed by atoms with Crippen LogP contribution >= 0.6 is 0 Å². The van der Waals surface area contributed by atoms with Gasteiger partial charge in [-0.25, -0.2) is 9.38 Å². The van der Waals surface area contributed by atoms with Crippen LogP contribution in [0.15, 0.2) is 47.5 Å². The zero-order valence-electron chi connectivity index (χ0n) is 16.7. The number of halogens is 1. The number of hydrogen-bond acceptors (Lipinski definition) is 5. The van der Waals surface area contributed by atoms with E-state index in [1.807, 2.05) is 24.3 Å². The summed E-state index contributed by atoms with van der Waals surface area (Å²) in [7, 11) is 3.15. The van der Waals surface area contributed by atoms with E-state index in [0.29, 0.717) is 17.0 Å². The Morgan fingerprint density at radius 1 is 1.18 bits per heavy atom. The Morgan fingerprint density at radius 2 is 1.86 bits per heavy atom. The summed E-state index contributed by atoms with van der Waals surface area (Å²) >= 11 is 0. The molecular formula is C21H25FN4O2. The monoisotopic (exact) mass is 384 g/mol. The molecule has 0 unspecified atom stereocenters. The highest BCUT2D eigenvalue weighted by atomic mass is 19.1. The number of nitrogens with two attached hydrogens (primary N) is 1. The molecule has 0 bridgehead atoms. The predicted octanol–water partition coefficient (Wildman–Crippen LogP) is 3.61. The molecular weight excluding hydrogens is 359 g/mol. The molecule has 7 heteroatoms. The minimum atomic E-state index is -1.16. The largest absolute Gasteiger partial charge is 0.495 e. The van der Waals surface area contributed by atoms with Gasteiger partial charge in [0.1, 0.15) is 17.1 Å². The number of benzene rings is 2. The van der Waals surface area contributed by atoms with Crippen molar-refractivity contribution in [1.29, 1.82) is 0 Å². The van der Waals surface area contributed by atoms with Gasteiger partial charge in [-0.3, -0.25) is 9.69 Å². The van der Waals surface area contributed by atoms with Crippen molar-refractivity contribution >= 4 is 23.2 Å². The Labute approximate surface area is 164 Å². The molecule has 0 saturated carbocycles. The Balaban J connectivity index is 2.10. The molecule has 6 nitrogen and oxygen atoms in total. The van der Waals surface area contributed by atoms with Crippen molar-refractivity contribution in [2.45, 2.75) is 26.3 Å². The van der Waals surface area contributed by atoms with E-state index in [-0.39, 0.29) is 11.9 Å². The highest BCUT2D eigenvalue weighted by Crippen LogP contribution is 2.47. The van der Waals surface area contributed by atoms with Crippen LogP contribution in [0.5, 0.6) is 5.75 Å². The van der Waals surface area contributed by atoms with E-state index < -0.39 is 16.8 Å². The maximum absolute atomic E-state index is 14.9. The Kier molecular flexibility index (Phi) is 4.79. The van der Waals surface area contributed by atoms with Crippen molar-refractivity contribution in [3.63, 3.8) is 0 Å². The van der Waals surface area contributed by atoms with E-state index in [1.165, 1.54) is 11.0 Å². The van der Waals surface area contributed by atoms with Crippen molar-refractivity contribution in [2.75, 3.05) is 19.5 Å². The number of nitrogens with one attached hydrogen (secondary N) is 1. The molecule has 0 aliphatic carbocycles. The number of hydrogen-bond donors (Lipinski definition) is 2. The molecule has 0 aromatic heterocycles. The van der Waals surface area contributed by atoms with E-state index in [4.69, 9.17) is 10.5 Å². The average molecular weight is 384 g/mol. The number of rotatable bonds is 4. The van der Waals surface area contributed by atoms with Gasteiger partial charge in [-0.05, 0) is 51.1 Å². The topological polar surface area (TPSA) is 80.0 Å². The number of amides is 1. The van der Waals surface area contributed by atoms with Gasteiger partial charge in [-0.15, -0.1) is 0 Å². The van der Waals surface area contributed by atoms with Crippen molar-refractivity contribution < 1.29 is 13.9 Å². The molecule has 148 valence electrons. The number of nitrogens with zero attached hydrogens (tertiary/aromatic N) is 2. The summed E-state index contributed by atoms with van der Waals surface area (Å²) in [6.45, 7) is 5.24. The molecule has 1 heterocycles. The van der Waals surface area contributed by atoms with Gasteiger partial charge >= 0.3 is 0 Å². The third-order valence-electron chi connectivity index (χ3n) is 5.61. The van der Waals surface area contributed by atoms with Gasteiger partial charge in [0.2, 0.25) is 5.91 Å². The standard InChI is InChI=1S/C21H25FN4O2/c1-20(2)18(27)26(4)19(23)25-21(20,3)14-12-13(10-11-15(14)22)24-16-8-6-7-9-17(16)28-5/h6-12,24H,1-5H3,(H2,23,25)/t21-/m1/s1. The normalized spacial score (nSPS) is 21.3. The van der Waals surface area contributed by atoms with Crippen LogP contribution in [0.25, 0.3) is 0 Å². The molecule has 28 heavy (non-hydrogen) atoms. The average Bonchev–Trinajstić information content (AvgIpc) is 2.67. The minimum Gasteiger partial charge on any atom is -0.495 e. The molecule has 1 aliphatic rings. The summed E-state index contributed by atoms with van der Waals surface area (Å²) in [4.78, 5) is 18.6. The Bertz CT molecular complexity index is 957. The number of guanidine groups is 1. The van der Waals surface area contributed by atoms with E-state index in [1.54, 1.807) is 47.1 Å². The van der Waals surface area contributed by atoms with Gasteiger partial charge < -0.3 is 15.8 Å². The van der Waals surface area contributed by atoms with Crippen LogP contribution in [-0.2, 0) is 10.3 Å². The van der Waals surface area contributed by atoms with Gasteiger partial charge in [0.25, 0.3) is 0 Å². The van der Waals surface area contributed by atoms with Gasteiger partial charge in [0, 0.05) is 18.3 Å². The van der Waals surface area contributed by atoms with Crippen LogP contribution in [0.2, 0.25) is 0 Å². The molecule has 2 aromatic rings. The highest BCUT2D eigenvalue weighted by molar-refractivity contribution is 6.01. The number of carbonyl (C=O) groups is 1. The first-order chi connectivity index (χ1) is 13.1. The van der Waals surface area contributed by atoms with Crippen molar-refractivity contribution in [1.82, 2.24) is 4.90 Å². The van der Waals surface area contributed by atoms with Crippen LogP contribution in [-0.4, -0.2) is 30.9 Å². The first-order valence-corrected chi connectivity index (χ1v) is 8.95. The SMILES string of the molecule is COc1ccccc1Nc1ccc(F)c([C@@]2(C)N=C(N)N(C)C(=O)C2(C)C)c1. The maximum atomic E-state index is 14.9. The molecule has 0 saturated heterocycles. The quantitative estimate of drug-likeness (QED) is 0.844. The van der Waals surface area contributed by atoms with E-state index in [0.717, 1.165) is 5.69 Å². The molecule has 1 amide bonds.